The molecule has 1 aliphatic heterocycles. The molecule has 2 aromatic heterocycles. The quantitative estimate of drug-likeness (QED) is 0.777. The first kappa shape index (κ1) is 12.3. The minimum Gasteiger partial charge on any atom is -0.317 e. The highest BCUT2D eigenvalue weighted by Gasteiger charge is 2.50. The summed E-state index contributed by atoms with van der Waals surface area (Å²) in [6.45, 7) is 0.885. The molecule has 2 atom stereocenters. The van der Waals surface area contributed by atoms with E-state index in [-0.39, 0.29) is 5.56 Å². The molecule has 2 aliphatic carbocycles. The molecular weight excluding hydrogens is 283 g/mol. The first-order valence-corrected chi connectivity index (χ1v) is 7.63. The fourth-order valence-corrected chi connectivity index (χ4v) is 4.21. The first-order valence-electron chi connectivity index (χ1n) is 7.63. The van der Waals surface area contributed by atoms with E-state index >= 15 is 0 Å². The zero-order valence-electron chi connectivity index (χ0n) is 11.9. The summed E-state index contributed by atoms with van der Waals surface area (Å²) >= 11 is 0. The van der Waals surface area contributed by atoms with Gasteiger partial charge in [-0.25, -0.2) is 9.37 Å². The van der Waals surface area contributed by atoms with Gasteiger partial charge in [-0.2, -0.15) is 0 Å². The maximum atomic E-state index is 14.0. The van der Waals surface area contributed by atoms with Gasteiger partial charge in [0, 0.05) is 24.4 Å². The lowest BCUT2D eigenvalue weighted by atomic mass is 9.85. The molecule has 0 aromatic carbocycles. The zero-order chi connectivity index (χ0) is 14.9. The average molecular weight is 298 g/mol. The van der Waals surface area contributed by atoms with Gasteiger partial charge in [-0.3, -0.25) is 9.20 Å². The summed E-state index contributed by atoms with van der Waals surface area (Å²) in [6, 6.07) is 0. The van der Waals surface area contributed by atoms with Gasteiger partial charge in [-0.15, -0.1) is 0 Å². The Morgan fingerprint density at radius 2 is 2.36 bits per heavy atom. The van der Waals surface area contributed by atoms with Crippen LogP contribution >= 0.6 is 0 Å². The molecule has 112 valence electrons. The van der Waals surface area contributed by atoms with Gasteiger partial charge in [0.2, 0.25) is 5.65 Å². The third kappa shape index (κ3) is 1.31. The number of alkyl halides is 1. The Hall–Kier alpha value is -2.21. The van der Waals surface area contributed by atoms with Gasteiger partial charge in [-0.1, -0.05) is 6.08 Å². The van der Waals surface area contributed by atoms with E-state index in [9.17, 15) is 9.18 Å². The van der Waals surface area contributed by atoms with Crippen LogP contribution in [0.25, 0.3) is 11.2 Å². The van der Waals surface area contributed by atoms with Crippen molar-refractivity contribution < 1.29 is 4.39 Å². The molecule has 1 spiro atoms. The fraction of sp³-hybridized carbons (Fsp3) is 0.375. The third-order valence-corrected chi connectivity index (χ3v) is 5.03. The van der Waals surface area contributed by atoms with Crippen LogP contribution < -0.4 is 10.9 Å². The van der Waals surface area contributed by atoms with Crippen molar-refractivity contribution in [2.75, 3.05) is 6.54 Å². The highest BCUT2D eigenvalue weighted by Crippen LogP contribution is 2.52. The first-order chi connectivity index (χ1) is 10.7. The summed E-state index contributed by atoms with van der Waals surface area (Å²) in [5.41, 5.74) is 3.51. The second-order valence-electron chi connectivity index (χ2n) is 6.18. The average Bonchev–Trinajstić information content (AvgIpc) is 3.21. The summed E-state index contributed by atoms with van der Waals surface area (Å²) in [5.74, 6) is 0. The van der Waals surface area contributed by atoms with Crippen molar-refractivity contribution in [2.45, 2.75) is 31.0 Å². The van der Waals surface area contributed by atoms with Crippen molar-refractivity contribution in [2.24, 2.45) is 0 Å². The fourth-order valence-electron chi connectivity index (χ4n) is 4.21. The molecule has 6 heteroatoms. The Labute approximate surface area is 125 Å². The summed E-state index contributed by atoms with van der Waals surface area (Å²) in [4.78, 5) is 19.4. The number of aromatic amines is 1. The van der Waals surface area contributed by atoms with Crippen molar-refractivity contribution in [3.8, 4) is 0 Å². The molecule has 5 nitrogen and oxygen atoms in total. The molecule has 5 rings (SSSR count). The number of hydrogen-bond acceptors (Lipinski definition) is 3. The van der Waals surface area contributed by atoms with Gasteiger partial charge in [0.15, 0.2) is 0 Å². The molecule has 0 bridgehead atoms. The molecule has 1 fully saturated rings. The monoisotopic (exact) mass is 298 g/mol. The van der Waals surface area contributed by atoms with E-state index in [0.717, 1.165) is 41.9 Å². The number of halogens is 1. The minimum atomic E-state index is -0.961. The van der Waals surface area contributed by atoms with Crippen molar-refractivity contribution in [1.29, 1.82) is 0 Å². The summed E-state index contributed by atoms with van der Waals surface area (Å²) < 4.78 is 15.8. The molecule has 2 unspecified atom stereocenters. The van der Waals surface area contributed by atoms with E-state index in [1.165, 1.54) is 0 Å². The van der Waals surface area contributed by atoms with E-state index in [1.54, 1.807) is 12.3 Å². The molecule has 3 aliphatic rings. The van der Waals surface area contributed by atoms with Crippen molar-refractivity contribution in [3.05, 3.63) is 51.9 Å². The molecule has 2 aromatic rings. The predicted molar refractivity (Wildman–Crippen MR) is 80.3 cm³/mol. The van der Waals surface area contributed by atoms with Crippen LogP contribution in [0.15, 0.2) is 34.9 Å². The highest BCUT2D eigenvalue weighted by atomic mass is 19.1. The molecule has 0 saturated carbocycles. The lowest BCUT2D eigenvalue weighted by Gasteiger charge is -2.29. The number of rotatable bonds is 0. The maximum Gasteiger partial charge on any atom is 0.292 e. The van der Waals surface area contributed by atoms with Crippen LogP contribution in [0.4, 0.5) is 4.39 Å². The second-order valence-corrected chi connectivity index (χ2v) is 6.18. The van der Waals surface area contributed by atoms with E-state index in [1.807, 2.05) is 16.7 Å². The van der Waals surface area contributed by atoms with Gasteiger partial charge in [0.1, 0.15) is 6.17 Å². The van der Waals surface area contributed by atoms with E-state index in [4.69, 9.17) is 0 Å². The Balaban J connectivity index is 1.94. The predicted octanol–water partition coefficient (Wildman–Crippen LogP) is 1.67. The van der Waals surface area contributed by atoms with Crippen LogP contribution in [0.5, 0.6) is 0 Å². The Morgan fingerprint density at radius 1 is 1.45 bits per heavy atom. The number of nitrogens with zero attached hydrogens (tertiary/aromatic N) is 2. The summed E-state index contributed by atoms with van der Waals surface area (Å²) in [7, 11) is 0. The topological polar surface area (TPSA) is 62.2 Å². The highest BCUT2D eigenvalue weighted by molar-refractivity contribution is 5.88. The van der Waals surface area contributed by atoms with Crippen molar-refractivity contribution in [1.82, 2.24) is 19.7 Å². The standard InChI is InChI=1S/C16H15FN4O/c17-9-2-3-10-11(8-9)16(4-1-5-19-16)13-12(10)20-15(22)14-18-6-7-21(13)14/h3,6-9,19H,1-2,4-5H2,(H,20,22). The molecule has 0 radical (unpaired) electrons. The van der Waals surface area contributed by atoms with Gasteiger partial charge >= 0.3 is 0 Å². The van der Waals surface area contributed by atoms with Crippen LogP contribution in [-0.4, -0.2) is 27.1 Å². The molecule has 0 amide bonds. The number of imidazole rings is 1. The van der Waals surface area contributed by atoms with Gasteiger partial charge < -0.3 is 10.3 Å². The van der Waals surface area contributed by atoms with E-state index < -0.39 is 11.7 Å². The molecule has 1 saturated heterocycles. The Kier molecular flexibility index (Phi) is 2.22. The Bertz CT molecular complexity index is 914. The van der Waals surface area contributed by atoms with E-state index in [0.29, 0.717) is 12.1 Å². The smallest absolute Gasteiger partial charge is 0.292 e. The summed E-state index contributed by atoms with van der Waals surface area (Å²) in [5, 5.41) is 3.56. The number of nitrogens with one attached hydrogen (secondary N) is 2. The Morgan fingerprint density at radius 3 is 3.18 bits per heavy atom. The molecule has 3 heterocycles. The van der Waals surface area contributed by atoms with Crippen LogP contribution in [-0.2, 0) is 5.54 Å². The van der Waals surface area contributed by atoms with Crippen molar-refractivity contribution >= 4 is 11.2 Å². The van der Waals surface area contributed by atoms with E-state index in [2.05, 4.69) is 15.3 Å². The van der Waals surface area contributed by atoms with Crippen LogP contribution in [0, 0.1) is 0 Å². The third-order valence-electron chi connectivity index (χ3n) is 5.03. The molecular formula is C16H15FN4O. The second kappa shape index (κ2) is 3.95. The SMILES string of the molecule is O=c1[nH]c2c(n3ccnc13)C1(CCCN1)C1=CC(F)CC=C12. The zero-order valence-corrected chi connectivity index (χ0v) is 11.9. The number of aromatic nitrogens is 3. The molecule has 2 N–H and O–H groups in total. The minimum absolute atomic E-state index is 0.207. The summed E-state index contributed by atoms with van der Waals surface area (Å²) in [6.07, 6.45) is 8.40. The largest absolute Gasteiger partial charge is 0.317 e. The number of hydrogen-bond donors (Lipinski definition) is 2. The number of H-pyrrole nitrogens is 1. The van der Waals surface area contributed by atoms with Crippen LogP contribution in [0.2, 0.25) is 0 Å². The van der Waals surface area contributed by atoms with Crippen LogP contribution in [0.1, 0.15) is 30.7 Å². The number of fused-ring (bicyclic) bond motifs is 7. The maximum absolute atomic E-state index is 14.0. The lowest BCUT2D eigenvalue weighted by Crippen LogP contribution is -2.38. The van der Waals surface area contributed by atoms with Crippen LogP contribution in [0.3, 0.4) is 0 Å². The van der Waals surface area contributed by atoms with Crippen molar-refractivity contribution in [3.63, 3.8) is 0 Å². The molecule has 22 heavy (non-hydrogen) atoms. The van der Waals surface area contributed by atoms with Gasteiger partial charge in [0.05, 0.1) is 16.9 Å². The normalized spacial score (nSPS) is 29.6. The van der Waals surface area contributed by atoms with Gasteiger partial charge in [0.25, 0.3) is 5.56 Å². The van der Waals surface area contributed by atoms with Gasteiger partial charge in [-0.05, 0) is 31.0 Å². The lowest BCUT2D eigenvalue weighted by molar-refractivity contribution is 0.389. The number of allylic oxidation sites excluding steroid dienone is 2.